The average Bonchev–Trinajstić information content (AvgIpc) is 3.20. The standard InChI is InChI=1S/C16H24N4O2S/c1-11-14(12(2)23-18-11)17-15(21)13-5-9-20(10-6-13)16(22)19-7-3-4-8-19/h13H,3-10H2,1-2H3,(H,17,21). The van der Waals surface area contributed by atoms with Gasteiger partial charge in [0.15, 0.2) is 0 Å². The third kappa shape index (κ3) is 3.49. The number of nitrogens with zero attached hydrogens (tertiary/aromatic N) is 3. The summed E-state index contributed by atoms with van der Waals surface area (Å²) in [6.45, 7) is 6.99. The molecule has 126 valence electrons. The van der Waals surface area contributed by atoms with Gasteiger partial charge in [-0.15, -0.1) is 0 Å². The summed E-state index contributed by atoms with van der Waals surface area (Å²) in [5, 5.41) is 3.02. The van der Waals surface area contributed by atoms with Crippen LogP contribution in [0.15, 0.2) is 0 Å². The number of aryl methyl sites for hydroxylation is 2. The van der Waals surface area contributed by atoms with Crippen molar-refractivity contribution >= 4 is 29.2 Å². The maximum Gasteiger partial charge on any atom is 0.319 e. The molecule has 2 aliphatic rings. The van der Waals surface area contributed by atoms with Gasteiger partial charge in [-0.2, -0.15) is 4.37 Å². The molecule has 0 saturated carbocycles. The number of carbonyl (C=O) groups is 2. The first kappa shape index (κ1) is 16.2. The second-order valence-electron chi connectivity index (χ2n) is 6.43. The van der Waals surface area contributed by atoms with E-state index in [1.54, 1.807) is 0 Å². The lowest BCUT2D eigenvalue weighted by atomic mass is 9.96. The first-order valence-corrected chi connectivity index (χ1v) is 9.11. The predicted octanol–water partition coefficient (Wildman–Crippen LogP) is 2.63. The van der Waals surface area contributed by atoms with Crippen molar-refractivity contribution in [3.63, 3.8) is 0 Å². The van der Waals surface area contributed by atoms with Gasteiger partial charge in [0.25, 0.3) is 0 Å². The zero-order chi connectivity index (χ0) is 16.4. The lowest BCUT2D eigenvalue weighted by molar-refractivity contribution is -0.121. The van der Waals surface area contributed by atoms with Crippen LogP contribution in [0.25, 0.3) is 0 Å². The van der Waals surface area contributed by atoms with Crippen LogP contribution in [0.3, 0.4) is 0 Å². The fourth-order valence-corrected chi connectivity index (χ4v) is 3.98. The van der Waals surface area contributed by atoms with Gasteiger partial charge in [0.05, 0.1) is 11.4 Å². The van der Waals surface area contributed by atoms with Crippen LogP contribution in [0.5, 0.6) is 0 Å². The number of rotatable bonds is 2. The normalized spacial score (nSPS) is 19.2. The number of carbonyl (C=O) groups excluding carboxylic acids is 2. The summed E-state index contributed by atoms with van der Waals surface area (Å²) >= 11 is 1.41. The molecule has 3 rings (SSSR count). The van der Waals surface area contributed by atoms with E-state index in [0.717, 1.165) is 55.0 Å². The molecule has 0 unspecified atom stereocenters. The van der Waals surface area contributed by atoms with Crippen molar-refractivity contribution in [1.29, 1.82) is 0 Å². The molecule has 2 fully saturated rings. The van der Waals surface area contributed by atoms with Gasteiger partial charge in [-0.3, -0.25) is 4.79 Å². The molecular formula is C16H24N4O2S. The Labute approximate surface area is 141 Å². The highest BCUT2D eigenvalue weighted by Crippen LogP contribution is 2.26. The summed E-state index contributed by atoms with van der Waals surface area (Å²) in [5.74, 6) is 0.0426. The topological polar surface area (TPSA) is 65.5 Å². The fraction of sp³-hybridized carbons (Fsp3) is 0.688. The fourth-order valence-electron chi connectivity index (χ4n) is 3.33. The zero-order valence-electron chi connectivity index (χ0n) is 13.8. The number of anilines is 1. The van der Waals surface area contributed by atoms with Crippen LogP contribution in [-0.4, -0.2) is 52.3 Å². The summed E-state index contributed by atoms with van der Waals surface area (Å²) in [5.41, 5.74) is 1.73. The Kier molecular flexibility index (Phi) is 4.84. The molecule has 0 spiro atoms. The molecule has 1 aromatic heterocycles. The van der Waals surface area contributed by atoms with E-state index in [9.17, 15) is 9.59 Å². The minimum absolute atomic E-state index is 0.0173. The first-order chi connectivity index (χ1) is 11.1. The van der Waals surface area contributed by atoms with E-state index in [1.165, 1.54) is 11.5 Å². The largest absolute Gasteiger partial charge is 0.325 e. The molecular weight excluding hydrogens is 312 g/mol. The van der Waals surface area contributed by atoms with Gasteiger partial charge in [-0.05, 0) is 51.1 Å². The Morgan fingerprint density at radius 1 is 1.09 bits per heavy atom. The number of nitrogens with one attached hydrogen (secondary N) is 1. The second-order valence-corrected chi connectivity index (χ2v) is 7.40. The summed E-state index contributed by atoms with van der Waals surface area (Å²) in [4.78, 5) is 29.7. The van der Waals surface area contributed by atoms with E-state index in [1.807, 2.05) is 23.6 Å². The van der Waals surface area contributed by atoms with Gasteiger partial charge in [-0.25, -0.2) is 4.79 Å². The van der Waals surface area contributed by atoms with Crippen LogP contribution in [0.4, 0.5) is 10.5 Å². The van der Waals surface area contributed by atoms with Crippen LogP contribution in [-0.2, 0) is 4.79 Å². The molecule has 7 heteroatoms. The molecule has 0 aromatic carbocycles. The van der Waals surface area contributed by atoms with Crippen LogP contribution in [0.2, 0.25) is 0 Å². The molecule has 0 aliphatic carbocycles. The maximum absolute atomic E-state index is 12.5. The Morgan fingerprint density at radius 3 is 2.26 bits per heavy atom. The number of hydrogen-bond acceptors (Lipinski definition) is 4. The third-order valence-corrected chi connectivity index (χ3v) is 5.64. The second kappa shape index (κ2) is 6.86. The van der Waals surface area contributed by atoms with Crippen LogP contribution < -0.4 is 5.32 Å². The summed E-state index contributed by atoms with van der Waals surface area (Å²) < 4.78 is 4.26. The van der Waals surface area contributed by atoms with Gasteiger partial charge < -0.3 is 15.1 Å². The molecule has 3 amide bonds. The predicted molar refractivity (Wildman–Crippen MR) is 90.7 cm³/mol. The molecule has 23 heavy (non-hydrogen) atoms. The number of hydrogen-bond donors (Lipinski definition) is 1. The van der Waals surface area contributed by atoms with E-state index in [0.29, 0.717) is 13.1 Å². The van der Waals surface area contributed by atoms with E-state index in [4.69, 9.17) is 0 Å². The quantitative estimate of drug-likeness (QED) is 0.903. The third-order valence-electron chi connectivity index (χ3n) is 4.79. The van der Waals surface area contributed by atoms with Crippen molar-refractivity contribution < 1.29 is 9.59 Å². The number of amides is 3. The van der Waals surface area contributed by atoms with Crippen molar-refractivity contribution in [1.82, 2.24) is 14.2 Å². The van der Waals surface area contributed by atoms with E-state index < -0.39 is 0 Å². The van der Waals surface area contributed by atoms with Gasteiger partial charge in [-0.1, -0.05) is 0 Å². The molecule has 0 radical (unpaired) electrons. The molecule has 1 N–H and O–H groups in total. The summed E-state index contributed by atoms with van der Waals surface area (Å²) in [7, 11) is 0. The lowest BCUT2D eigenvalue weighted by Gasteiger charge is -2.34. The monoisotopic (exact) mass is 336 g/mol. The Morgan fingerprint density at radius 2 is 1.70 bits per heavy atom. The molecule has 0 atom stereocenters. The first-order valence-electron chi connectivity index (χ1n) is 8.34. The molecule has 2 aliphatic heterocycles. The minimum Gasteiger partial charge on any atom is -0.325 e. The lowest BCUT2D eigenvalue weighted by Crippen LogP contribution is -2.47. The smallest absolute Gasteiger partial charge is 0.319 e. The SMILES string of the molecule is Cc1nsc(C)c1NC(=O)C1CCN(C(=O)N2CCCC2)CC1. The van der Waals surface area contributed by atoms with Gasteiger partial charge >= 0.3 is 6.03 Å². The van der Waals surface area contributed by atoms with Gasteiger partial charge in [0.1, 0.15) is 0 Å². The number of piperidine rings is 1. The van der Waals surface area contributed by atoms with Crippen LogP contribution >= 0.6 is 11.5 Å². The zero-order valence-corrected chi connectivity index (χ0v) is 14.6. The highest BCUT2D eigenvalue weighted by Gasteiger charge is 2.30. The molecule has 3 heterocycles. The number of likely N-dealkylation sites (tertiary alicyclic amines) is 2. The minimum atomic E-state index is -0.0173. The summed E-state index contributed by atoms with van der Waals surface area (Å²) in [6, 6.07) is 0.148. The van der Waals surface area contributed by atoms with E-state index in [-0.39, 0.29) is 17.9 Å². The van der Waals surface area contributed by atoms with E-state index in [2.05, 4.69) is 9.69 Å². The highest BCUT2D eigenvalue weighted by atomic mass is 32.1. The number of urea groups is 1. The molecule has 0 bridgehead atoms. The van der Waals surface area contributed by atoms with Gasteiger partial charge in [0.2, 0.25) is 5.91 Å². The Hall–Kier alpha value is -1.63. The Bertz CT molecular complexity index is 567. The average molecular weight is 336 g/mol. The van der Waals surface area contributed by atoms with Crippen LogP contribution in [0.1, 0.15) is 36.3 Å². The summed E-state index contributed by atoms with van der Waals surface area (Å²) in [6.07, 6.45) is 3.69. The van der Waals surface area contributed by atoms with Crippen molar-refractivity contribution in [3.05, 3.63) is 10.6 Å². The van der Waals surface area contributed by atoms with Gasteiger partial charge in [0, 0.05) is 37.0 Å². The van der Waals surface area contributed by atoms with Crippen molar-refractivity contribution in [2.75, 3.05) is 31.5 Å². The van der Waals surface area contributed by atoms with Crippen molar-refractivity contribution in [2.45, 2.75) is 39.5 Å². The molecule has 6 nitrogen and oxygen atoms in total. The molecule has 1 aromatic rings. The van der Waals surface area contributed by atoms with E-state index >= 15 is 0 Å². The molecule has 2 saturated heterocycles. The Balaban J connectivity index is 1.52. The van der Waals surface area contributed by atoms with Crippen LogP contribution in [0, 0.1) is 19.8 Å². The highest BCUT2D eigenvalue weighted by molar-refractivity contribution is 7.06. The maximum atomic E-state index is 12.5. The van der Waals surface area contributed by atoms with Crippen molar-refractivity contribution in [2.24, 2.45) is 5.92 Å². The number of aromatic nitrogens is 1. The van der Waals surface area contributed by atoms with Crippen molar-refractivity contribution in [3.8, 4) is 0 Å².